The van der Waals surface area contributed by atoms with E-state index >= 15 is 0 Å². The van der Waals surface area contributed by atoms with E-state index in [0.717, 1.165) is 11.8 Å². The lowest BCUT2D eigenvalue weighted by Gasteiger charge is -2.43. The average molecular weight is 206 g/mol. The molecular formula is C13H22N2. The van der Waals surface area contributed by atoms with Crippen molar-refractivity contribution in [1.82, 2.24) is 4.90 Å². The van der Waals surface area contributed by atoms with Crippen molar-refractivity contribution in [2.45, 2.75) is 51.5 Å². The summed E-state index contributed by atoms with van der Waals surface area (Å²) < 4.78 is 0. The van der Waals surface area contributed by atoms with Crippen molar-refractivity contribution in [1.29, 1.82) is 5.26 Å². The molecule has 0 bridgehead atoms. The topological polar surface area (TPSA) is 27.0 Å². The number of hydrogen-bond acceptors (Lipinski definition) is 2. The maximum Gasteiger partial charge on any atom is 0.0638 e. The van der Waals surface area contributed by atoms with Crippen molar-refractivity contribution in [3.05, 3.63) is 0 Å². The first-order valence-corrected chi connectivity index (χ1v) is 6.42. The summed E-state index contributed by atoms with van der Waals surface area (Å²) in [6.45, 7) is 4.68. The Hall–Kier alpha value is -0.550. The van der Waals surface area contributed by atoms with Gasteiger partial charge in [0, 0.05) is 12.6 Å². The molecule has 2 heteroatoms. The minimum absolute atomic E-state index is 0.470. The molecule has 84 valence electrons. The smallest absolute Gasteiger partial charge is 0.0638 e. The van der Waals surface area contributed by atoms with E-state index in [1.54, 1.807) is 0 Å². The maximum atomic E-state index is 8.72. The lowest BCUT2D eigenvalue weighted by molar-refractivity contribution is 0.0631. The van der Waals surface area contributed by atoms with Crippen molar-refractivity contribution in [2.24, 2.45) is 11.8 Å². The van der Waals surface area contributed by atoms with Crippen LogP contribution >= 0.6 is 0 Å². The van der Waals surface area contributed by atoms with Crippen LogP contribution < -0.4 is 0 Å². The molecule has 2 fully saturated rings. The Morgan fingerprint density at radius 1 is 1.27 bits per heavy atom. The quantitative estimate of drug-likeness (QED) is 0.694. The molecule has 1 saturated carbocycles. The van der Waals surface area contributed by atoms with Crippen molar-refractivity contribution in [2.75, 3.05) is 13.1 Å². The van der Waals surface area contributed by atoms with Gasteiger partial charge in [0.2, 0.25) is 0 Å². The van der Waals surface area contributed by atoms with Crippen LogP contribution in [0.25, 0.3) is 0 Å². The van der Waals surface area contributed by atoms with E-state index in [4.69, 9.17) is 5.26 Å². The summed E-state index contributed by atoms with van der Waals surface area (Å²) in [5.41, 5.74) is 0. The molecule has 0 radical (unpaired) electrons. The fourth-order valence-electron chi connectivity index (χ4n) is 3.29. The summed E-state index contributed by atoms with van der Waals surface area (Å²) in [6, 6.07) is 2.77. The first-order valence-electron chi connectivity index (χ1n) is 6.42. The molecule has 2 nitrogen and oxygen atoms in total. The monoisotopic (exact) mass is 206 g/mol. The first-order chi connectivity index (χ1) is 7.31. The normalized spacial score (nSPS) is 34.1. The van der Waals surface area contributed by atoms with Crippen LogP contribution in [-0.2, 0) is 0 Å². The molecule has 2 rings (SSSR count). The van der Waals surface area contributed by atoms with Crippen LogP contribution in [0.2, 0.25) is 0 Å². The molecule has 1 aliphatic carbocycles. The second-order valence-electron chi connectivity index (χ2n) is 5.30. The molecule has 0 N–H and O–H groups in total. The molecule has 15 heavy (non-hydrogen) atoms. The van der Waals surface area contributed by atoms with Gasteiger partial charge < -0.3 is 0 Å². The number of likely N-dealkylation sites (tertiary alicyclic amines) is 1. The van der Waals surface area contributed by atoms with Crippen molar-refractivity contribution in [3.8, 4) is 6.07 Å². The van der Waals surface area contributed by atoms with E-state index in [0.29, 0.717) is 12.5 Å². The maximum absolute atomic E-state index is 8.72. The van der Waals surface area contributed by atoms with Crippen LogP contribution in [0.1, 0.15) is 45.4 Å². The molecule has 0 aromatic heterocycles. The van der Waals surface area contributed by atoms with E-state index < -0.39 is 0 Å². The van der Waals surface area contributed by atoms with Gasteiger partial charge in [0.25, 0.3) is 0 Å². The number of nitriles is 1. The highest BCUT2D eigenvalue weighted by Crippen LogP contribution is 2.36. The van der Waals surface area contributed by atoms with E-state index in [-0.39, 0.29) is 0 Å². The predicted molar refractivity (Wildman–Crippen MR) is 61.3 cm³/mol. The van der Waals surface area contributed by atoms with Gasteiger partial charge in [0.1, 0.15) is 0 Å². The Balaban J connectivity index is 1.88. The van der Waals surface area contributed by atoms with Gasteiger partial charge in [0.05, 0.1) is 12.5 Å². The predicted octanol–water partition coefficient (Wildman–Crippen LogP) is 2.80. The third-order valence-corrected chi connectivity index (χ3v) is 4.33. The molecular weight excluding hydrogens is 184 g/mol. The summed E-state index contributed by atoms with van der Waals surface area (Å²) >= 11 is 0. The summed E-state index contributed by atoms with van der Waals surface area (Å²) in [5.74, 6) is 1.94. The highest BCUT2D eigenvalue weighted by atomic mass is 15.2. The SMILES string of the molecule is CC(CC#N)N1CCC2CCCCC2C1. The second-order valence-corrected chi connectivity index (χ2v) is 5.30. The molecule has 0 amide bonds. The molecule has 0 aromatic rings. The van der Waals surface area contributed by atoms with Crippen LogP contribution in [0.4, 0.5) is 0 Å². The lowest BCUT2D eigenvalue weighted by atomic mass is 9.75. The number of nitrogens with zero attached hydrogens (tertiary/aromatic N) is 2. The molecule has 2 aliphatic rings. The van der Waals surface area contributed by atoms with Gasteiger partial charge in [-0.15, -0.1) is 0 Å². The van der Waals surface area contributed by atoms with Gasteiger partial charge in [-0.3, -0.25) is 4.90 Å². The summed E-state index contributed by atoms with van der Waals surface area (Å²) in [5, 5.41) is 8.72. The highest BCUT2D eigenvalue weighted by Gasteiger charge is 2.32. The standard InChI is InChI=1S/C13H22N2/c1-11(6-8-14)15-9-7-12-4-2-3-5-13(12)10-15/h11-13H,2-7,9-10H2,1H3. The minimum Gasteiger partial charge on any atom is -0.299 e. The van der Waals surface area contributed by atoms with Gasteiger partial charge in [-0.2, -0.15) is 5.26 Å². The minimum atomic E-state index is 0.470. The van der Waals surface area contributed by atoms with E-state index in [1.807, 2.05) is 0 Å². The average Bonchev–Trinajstić information content (AvgIpc) is 2.29. The van der Waals surface area contributed by atoms with Crippen molar-refractivity contribution >= 4 is 0 Å². The molecule has 0 spiro atoms. The van der Waals surface area contributed by atoms with Crippen molar-refractivity contribution < 1.29 is 0 Å². The van der Waals surface area contributed by atoms with Crippen LogP contribution in [-0.4, -0.2) is 24.0 Å². The highest BCUT2D eigenvalue weighted by molar-refractivity contribution is 4.88. The molecule has 3 atom stereocenters. The fraction of sp³-hybridized carbons (Fsp3) is 0.923. The molecule has 1 saturated heterocycles. The zero-order chi connectivity index (χ0) is 10.7. The molecule has 0 aromatic carbocycles. The molecule has 1 heterocycles. The Kier molecular flexibility index (Phi) is 3.64. The summed E-state index contributed by atoms with van der Waals surface area (Å²) in [6.07, 6.45) is 7.85. The Morgan fingerprint density at radius 2 is 2.00 bits per heavy atom. The van der Waals surface area contributed by atoms with Gasteiger partial charge in [-0.05, 0) is 38.1 Å². The first kappa shape index (κ1) is 11.0. The zero-order valence-corrected chi connectivity index (χ0v) is 9.78. The second kappa shape index (κ2) is 4.99. The van der Waals surface area contributed by atoms with Gasteiger partial charge in [-0.25, -0.2) is 0 Å². The molecule has 3 unspecified atom stereocenters. The number of rotatable bonds is 2. The van der Waals surface area contributed by atoms with Crippen LogP contribution in [0.5, 0.6) is 0 Å². The Bertz CT molecular complexity index is 243. The van der Waals surface area contributed by atoms with Crippen LogP contribution in [0.3, 0.4) is 0 Å². The number of fused-ring (bicyclic) bond motifs is 1. The third kappa shape index (κ3) is 2.52. The third-order valence-electron chi connectivity index (χ3n) is 4.33. The Labute approximate surface area is 93.3 Å². The lowest BCUT2D eigenvalue weighted by Crippen LogP contribution is -2.45. The van der Waals surface area contributed by atoms with Crippen LogP contribution in [0, 0.1) is 23.2 Å². The largest absolute Gasteiger partial charge is 0.299 e. The van der Waals surface area contributed by atoms with Crippen molar-refractivity contribution in [3.63, 3.8) is 0 Å². The number of piperidine rings is 1. The van der Waals surface area contributed by atoms with Gasteiger partial charge >= 0.3 is 0 Å². The van der Waals surface area contributed by atoms with E-state index in [9.17, 15) is 0 Å². The zero-order valence-electron chi connectivity index (χ0n) is 9.78. The van der Waals surface area contributed by atoms with E-state index in [1.165, 1.54) is 45.2 Å². The summed E-state index contributed by atoms with van der Waals surface area (Å²) in [7, 11) is 0. The Morgan fingerprint density at radius 3 is 2.73 bits per heavy atom. The van der Waals surface area contributed by atoms with Crippen LogP contribution in [0.15, 0.2) is 0 Å². The van der Waals surface area contributed by atoms with Gasteiger partial charge in [0.15, 0.2) is 0 Å². The fourth-order valence-corrected chi connectivity index (χ4v) is 3.29. The number of hydrogen-bond donors (Lipinski definition) is 0. The van der Waals surface area contributed by atoms with Gasteiger partial charge in [-0.1, -0.05) is 19.3 Å². The van der Waals surface area contributed by atoms with E-state index in [2.05, 4.69) is 17.9 Å². The summed E-state index contributed by atoms with van der Waals surface area (Å²) in [4.78, 5) is 2.54. The molecule has 1 aliphatic heterocycles.